The Labute approximate surface area is 123 Å². The molecule has 0 aliphatic heterocycles. The molecule has 0 radical (unpaired) electrons. The Kier molecular flexibility index (Phi) is 6.94. The summed E-state index contributed by atoms with van der Waals surface area (Å²) in [6.45, 7) is 3.97. The molecule has 0 aromatic heterocycles. The van der Waals surface area contributed by atoms with E-state index < -0.39 is 11.1 Å². The number of hydrogen-bond donors (Lipinski definition) is 0. The number of nitrogens with zero attached hydrogens (tertiary/aromatic N) is 1. The molecule has 1 aromatic rings. The minimum absolute atomic E-state index is 0.0651. The average molecular weight is 293 g/mol. The van der Waals surface area contributed by atoms with Crippen LogP contribution in [0.5, 0.6) is 5.75 Å². The SMILES string of the molecule is CCC/C=C/C(CC)OC(=O)Oc1ccc([N+](=O)[O-])cc1. The van der Waals surface area contributed by atoms with Crippen molar-refractivity contribution in [3.05, 3.63) is 46.5 Å². The predicted molar refractivity (Wildman–Crippen MR) is 78.3 cm³/mol. The van der Waals surface area contributed by atoms with Gasteiger partial charge in [0.25, 0.3) is 5.69 Å². The molecular weight excluding hydrogens is 274 g/mol. The zero-order chi connectivity index (χ0) is 15.7. The van der Waals surface area contributed by atoms with Gasteiger partial charge >= 0.3 is 6.16 Å². The number of rotatable bonds is 7. The zero-order valence-corrected chi connectivity index (χ0v) is 12.2. The molecule has 1 atom stereocenters. The molecule has 0 amide bonds. The Morgan fingerprint density at radius 3 is 2.52 bits per heavy atom. The van der Waals surface area contributed by atoms with E-state index in [4.69, 9.17) is 9.47 Å². The van der Waals surface area contributed by atoms with Gasteiger partial charge in [0, 0.05) is 12.1 Å². The van der Waals surface area contributed by atoms with Crippen molar-refractivity contribution in [1.29, 1.82) is 0 Å². The highest BCUT2D eigenvalue weighted by atomic mass is 16.7. The molecule has 6 nitrogen and oxygen atoms in total. The van der Waals surface area contributed by atoms with Crippen LogP contribution in [0, 0.1) is 10.1 Å². The standard InChI is InChI=1S/C15H19NO5/c1-3-5-6-7-13(4-2)20-15(17)21-14-10-8-12(9-11-14)16(18)19/h6-11,13H,3-5H2,1-2H3/b7-6+. The van der Waals surface area contributed by atoms with Gasteiger partial charge in [0.05, 0.1) is 4.92 Å². The number of allylic oxidation sites excluding steroid dienone is 1. The Morgan fingerprint density at radius 2 is 2.00 bits per heavy atom. The van der Waals surface area contributed by atoms with E-state index in [0.717, 1.165) is 12.8 Å². The van der Waals surface area contributed by atoms with Crippen molar-refractivity contribution < 1.29 is 19.2 Å². The summed E-state index contributed by atoms with van der Waals surface area (Å²) in [6, 6.07) is 5.24. The third kappa shape index (κ3) is 6.07. The summed E-state index contributed by atoms with van der Waals surface area (Å²) in [6.07, 6.45) is 5.25. The number of ether oxygens (including phenoxy) is 2. The molecule has 0 bridgehead atoms. The maximum atomic E-state index is 11.6. The fourth-order valence-corrected chi connectivity index (χ4v) is 1.55. The second-order valence-corrected chi connectivity index (χ2v) is 4.38. The van der Waals surface area contributed by atoms with Gasteiger partial charge in [0.15, 0.2) is 0 Å². The van der Waals surface area contributed by atoms with Gasteiger partial charge in [0.1, 0.15) is 11.9 Å². The summed E-state index contributed by atoms with van der Waals surface area (Å²) >= 11 is 0. The van der Waals surface area contributed by atoms with E-state index in [2.05, 4.69) is 6.92 Å². The Bertz CT molecular complexity index is 495. The molecule has 0 spiro atoms. The number of hydrogen-bond acceptors (Lipinski definition) is 5. The summed E-state index contributed by atoms with van der Waals surface area (Å²) in [5, 5.41) is 10.5. The molecule has 0 saturated carbocycles. The molecule has 1 unspecified atom stereocenters. The van der Waals surface area contributed by atoms with Gasteiger partial charge in [-0.2, -0.15) is 0 Å². The zero-order valence-electron chi connectivity index (χ0n) is 12.2. The molecule has 0 aliphatic carbocycles. The first-order valence-corrected chi connectivity index (χ1v) is 6.86. The van der Waals surface area contributed by atoms with E-state index in [0.29, 0.717) is 6.42 Å². The van der Waals surface area contributed by atoms with Gasteiger partial charge in [-0.3, -0.25) is 10.1 Å². The van der Waals surface area contributed by atoms with Gasteiger partial charge in [-0.1, -0.05) is 26.3 Å². The summed E-state index contributed by atoms with van der Waals surface area (Å²) in [5.74, 6) is 0.206. The van der Waals surface area contributed by atoms with Gasteiger partial charge < -0.3 is 9.47 Å². The lowest BCUT2D eigenvalue weighted by Crippen LogP contribution is -2.18. The summed E-state index contributed by atoms with van der Waals surface area (Å²) in [5.41, 5.74) is -0.0651. The first-order chi connectivity index (χ1) is 10.1. The lowest BCUT2D eigenvalue weighted by atomic mass is 10.2. The van der Waals surface area contributed by atoms with Gasteiger partial charge in [0.2, 0.25) is 0 Å². The van der Waals surface area contributed by atoms with Crippen LogP contribution in [0.15, 0.2) is 36.4 Å². The number of nitro groups is 1. The molecule has 1 rings (SSSR count). The van der Waals surface area contributed by atoms with Crippen LogP contribution in [0.25, 0.3) is 0 Å². The Balaban J connectivity index is 2.53. The van der Waals surface area contributed by atoms with Crippen molar-refractivity contribution in [2.45, 2.75) is 39.2 Å². The lowest BCUT2D eigenvalue weighted by Gasteiger charge is -2.12. The van der Waals surface area contributed by atoms with Crippen molar-refractivity contribution in [1.82, 2.24) is 0 Å². The topological polar surface area (TPSA) is 78.7 Å². The van der Waals surface area contributed by atoms with Crippen molar-refractivity contribution in [3.63, 3.8) is 0 Å². The molecule has 1 aromatic carbocycles. The Hall–Kier alpha value is -2.37. The number of nitro benzene ring substituents is 1. The van der Waals surface area contributed by atoms with Crippen molar-refractivity contribution in [2.75, 3.05) is 0 Å². The number of carbonyl (C=O) groups is 1. The first kappa shape index (κ1) is 16.7. The van der Waals surface area contributed by atoms with E-state index in [9.17, 15) is 14.9 Å². The molecule has 21 heavy (non-hydrogen) atoms. The maximum Gasteiger partial charge on any atom is 0.514 e. The van der Waals surface area contributed by atoms with E-state index >= 15 is 0 Å². The van der Waals surface area contributed by atoms with E-state index in [1.54, 1.807) is 0 Å². The second-order valence-electron chi connectivity index (χ2n) is 4.38. The Morgan fingerprint density at radius 1 is 1.33 bits per heavy atom. The van der Waals surface area contributed by atoms with Crippen LogP contribution in [0.2, 0.25) is 0 Å². The van der Waals surface area contributed by atoms with Gasteiger partial charge in [-0.15, -0.1) is 0 Å². The quantitative estimate of drug-likeness (QED) is 0.247. The third-order valence-electron chi connectivity index (χ3n) is 2.70. The number of unbranched alkanes of at least 4 members (excludes halogenated alkanes) is 1. The predicted octanol–water partition coefficient (Wildman–Crippen LogP) is 4.25. The average Bonchev–Trinajstić information content (AvgIpc) is 2.47. The smallest absolute Gasteiger partial charge is 0.426 e. The minimum atomic E-state index is -0.822. The summed E-state index contributed by atoms with van der Waals surface area (Å²) in [7, 11) is 0. The second kappa shape index (κ2) is 8.73. The van der Waals surface area contributed by atoms with Crippen LogP contribution >= 0.6 is 0 Å². The maximum absolute atomic E-state index is 11.6. The van der Waals surface area contributed by atoms with Crippen molar-refractivity contribution >= 4 is 11.8 Å². The number of non-ortho nitro benzene ring substituents is 1. The summed E-state index contributed by atoms with van der Waals surface area (Å²) in [4.78, 5) is 21.6. The molecule has 114 valence electrons. The minimum Gasteiger partial charge on any atom is -0.426 e. The highest BCUT2D eigenvalue weighted by Gasteiger charge is 2.13. The van der Waals surface area contributed by atoms with E-state index in [1.165, 1.54) is 24.3 Å². The fourth-order valence-electron chi connectivity index (χ4n) is 1.55. The van der Waals surface area contributed by atoms with Crippen molar-refractivity contribution in [2.24, 2.45) is 0 Å². The largest absolute Gasteiger partial charge is 0.514 e. The van der Waals surface area contributed by atoms with Crippen LogP contribution in [0.1, 0.15) is 33.1 Å². The van der Waals surface area contributed by atoms with Crippen LogP contribution in [-0.4, -0.2) is 17.2 Å². The molecular formula is C15H19NO5. The molecule has 0 fully saturated rings. The van der Waals surface area contributed by atoms with Crippen LogP contribution in [0.3, 0.4) is 0 Å². The molecule has 6 heteroatoms. The van der Waals surface area contributed by atoms with E-state index in [1.807, 2.05) is 19.1 Å². The highest BCUT2D eigenvalue weighted by molar-refractivity contribution is 5.64. The third-order valence-corrected chi connectivity index (χ3v) is 2.70. The molecule has 0 heterocycles. The molecule has 0 saturated heterocycles. The molecule has 0 aliphatic rings. The van der Waals surface area contributed by atoms with Crippen LogP contribution < -0.4 is 4.74 Å². The number of carbonyl (C=O) groups excluding carboxylic acids is 1. The van der Waals surface area contributed by atoms with Gasteiger partial charge in [-0.05, 0) is 31.1 Å². The van der Waals surface area contributed by atoms with Crippen LogP contribution in [0.4, 0.5) is 10.5 Å². The van der Waals surface area contributed by atoms with E-state index in [-0.39, 0.29) is 17.5 Å². The summed E-state index contributed by atoms with van der Waals surface area (Å²) < 4.78 is 10.1. The monoisotopic (exact) mass is 293 g/mol. The van der Waals surface area contributed by atoms with Gasteiger partial charge in [-0.25, -0.2) is 4.79 Å². The number of benzene rings is 1. The normalized spacial score (nSPS) is 12.1. The van der Waals surface area contributed by atoms with Crippen molar-refractivity contribution in [3.8, 4) is 5.75 Å². The highest BCUT2D eigenvalue weighted by Crippen LogP contribution is 2.18. The van der Waals surface area contributed by atoms with Crippen LogP contribution in [-0.2, 0) is 4.74 Å². The molecule has 0 N–H and O–H groups in total. The lowest BCUT2D eigenvalue weighted by molar-refractivity contribution is -0.384. The first-order valence-electron chi connectivity index (χ1n) is 6.86. The fraction of sp³-hybridized carbons (Fsp3) is 0.400.